The van der Waals surface area contributed by atoms with Gasteiger partial charge in [-0.2, -0.15) is 0 Å². The zero-order valence-electron chi connectivity index (χ0n) is 22.3. The van der Waals surface area contributed by atoms with Gasteiger partial charge >= 0.3 is 0 Å². The van der Waals surface area contributed by atoms with Crippen LogP contribution in [0, 0.1) is 0 Å². The number of aryl methyl sites for hydroxylation is 2. The molecule has 3 heteroatoms. The number of hydrogen-bond acceptors (Lipinski definition) is 1. The molecule has 2 heterocycles. The van der Waals surface area contributed by atoms with E-state index in [9.17, 15) is 4.79 Å². The molecule has 0 aliphatic rings. The molecule has 0 aliphatic heterocycles. The summed E-state index contributed by atoms with van der Waals surface area (Å²) in [7, 11) is 0. The highest BCUT2D eigenvalue weighted by atomic mass is 16.1. The lowest BCUT2D eigenvalue weighted by Crippen LogP contribution is -2.32. The van der Waals surface area contributed by atoms with Gasteiger partial charge in [-0.05, 0) is 25.0 Å². The molecule has 0 bridgehead atoms. The Hall–Kier alpha value is -2.42. The van der Waals surface area contributed by atoms with Gasteiger partial charge in [0.25, 0.3) is 0 Å². The molecule has 0 fully saturated rings. The van der Waals surface area contributed by atoms with Gasteiger partial charge in [0.1, 0.15) is 6.54 Å². The number of pyridine rings is 2. The van der Waals surface area contributed by atoms with Gasteiger partial charge in [0.2, 0.25) is 0 Å². The Kier molecular flexibility index (Phi) is 12.1. The van der Waals surface area contributed by atoms with Crippen LogP contribution in [0.25, 0.3) is 22.2 Å². The van der Waals surface area contributed by atoms with Crippen molar-refractivity contribution >= 4 is 10.9 Å². The largest absolute Gasteiger partial charge is 0.340 e. The molecule has 0 N–H and O–H groups in total. The molecule has 1 aromatic carbocycles. The molecule has 0 amide bonds. The lowest BCUT2D eigenvalue weighted by molar-refractivity contribution is -0.697. The van der Waals surface area contributed by atoms with Crippen molar-refractivity contribution in [3.63, 3.8) is 0 Å². The maximum Gasteiger partial charge on any atom is 0.190 e. The van der Waals surface area contributed by atoms with Gasteiger partial charge in [-0.3, -0.25) is 4.79 Å². The van der Waals surface area contributed by atoms with Gasteiger partial charge in [-0.25, -0.2) is 4.57 Å². The van der Waals surface area contributed by atoms with Crippen LogP contribution in [0.1, 0.15) is 104 Å². The molecule has 3 rings (SSSR count). The fraction of sp³-hybridized carbons (Fsp3) is 0.562. The summed E-state index contributed by atoms with van der Waals surface area (Å²) in [4.78, 5) is 12.9. The maximum atomic E-state index is 12.9. The second kappa shape index (κ2) is 15.5. The second-order valence-electron chi connectivity index (χ2n) is 10.1. The van der Waals surface area contributed by atoms with E-state index in [-0.39, 0.29) is 5.43 Å². The third kappa shape index (κ3) is 8.63. The van der Waals surface area contributed by atoms with Crippen LogP contribution in [-0.2, 0) is 13.1 Å². The molecule has 0 radical (unpaired) electrons. The van der Waals surface area contributed by atoms with Crippen LogP contribution in [0.2, 0.25) is 0 Å². The van der Waals surface area contributed by atoms with Gasteiger partial charge in [0.05, 0.1) is 11.2 Å². The number of unbranched alkanes of at least 4 members (excludes halogenated alkanes) is 12. The van der Waals surface area contributed by atoms with Crippen LogP contribution in [-0.4, -0.2) is 4.57 Å². The molecule has 190 valence electrons. The molecule has 0 unspecified atom stereocenters. The molecular formula is C32H47N2O+. The highest BCUT2D eigenvalue weighted by Crippen LogP contribution is 2.23. The minimum Gasteiger partial charge on any atom is -0.340 e. The quantitative estimate of drug-likeness (QED) is 0.142. The Bertz CT molecular complexity index is 1050. The predicted molar refractivity (Wildman–Crippen MR) is 150 cm³/mol. The fourth-order valence-corrected chi connectivity index (χ4v) is 5.06. The molecule has 0 saturated heterocycles. The Labute approximate surface area is 213 Å². The summed E-state index contributed by atoms with van der Waals surface area (Å²) in [5.41, 5.74) is 3.35. The first-order valence-electron chi connectivity index (χ1n) is 14.4. The van der Waals surface area contributed by atoms with E-state index >= 15 is 0 Å². The minimum absolute atomic E-state index is 0.117. The molecule has 35 heavy (non-hydrogen) atoms. The average Bonchev–Trinajstić information content (AvgIpc) is 2.89. The second-order valence-corrected chi connectivity index (χ2v) is 10.1. The highest BCUT2D eigenvalue weighted by molar-refractivity contribution is 5.82. The van der Waals surface area contributed by atoms with Crippen LogP contribution in [0.4, 0.5) is 0 Å². The topological polar surface area (TPSA) is 25.9 Å². The van der Waals surface area contributed by atoms with Crippen LogP contribution in [0.15, 0.2) is 59.7 Å². The van der Waals surface area contributed by atoms with E-state index in [4.69, 9.17) is 0 Å². The van der Waals surface area contributed by atoms with E-state index in [0.717, 1.165) is 41.7 Å². The monoisotopic (exact) mass is 475 g/mol. The predicted octanol–water partition coefficient (Wildman–Crippen LogP) is 8.46. The van der Waals surface area contributed by atoms with Crippen molar-refractivity contribution in [2.45, 2.75) is 117 Å². The van der Waals surface area contributed by atoms with Crippen molar-refractivity contribution in [2.24, 2.45) is 0 Å². The molecule has 2 aromatic heterocycles. The lowest BCUT2D eigenvalue weighted by atomic mass is 10.1. The van der Waals surface area contributed by atoms with E-state index in [0.29, 0.717) is 0 Å². The van der Waals surface area contributed by atoms with E-state index in [2.05, 4.69) is 53.6 Å². The van der Waals surface area contributed by atoms with E-state index < -0.39 is 0 Å². The van der Waals surface area contributed by atoms with E-state index in [1.165, 1.54) is 83.5 Å². The van der Waals surface area contributed by atoms with Gasteiger partial charge in [-0.1, -0.05) is 96.6 Å². The summed E-state index contributed by atoms with van der Waals surface area (Å²) < 4.78 is 4.66. The number of para-hydroxylation sites is 1. The highest BCUT2D eigenvalue weighted by Gasteiger charge is 2.12. The van der Waals surface area contributed by atoms with Gasteiger partial charge in [0.15, 0.2) is 17.8 Å². The number of hydrogen-bond donors (Lipinski definition) is 0. The summed E-state index contributed by atoms with van der Waals surface area (Å²) in [6, 6.07) is 14.3. The Morgan fingerprint density at radius 3 is 1.91 bits per heavy atom. The first kappa shape index (κ1) is 27.2. The Morgan fingerprint density at radius 1 is 0.686 bits per heavy atom. The van der Waals surface area contributed by atoms with Crippen LogP contribution in [0.3, 0.4) is 0 Å². The van der Waals surface area contributed by atoms with E-state index in [1.807, 2.05) is 24.3 Å². The number of fused-ring (bicyclic) bond motifs is 1. The maximum absolute atomic E-state index is 12.9. The fourth-order valence-electron chi connectivity index (χ4n) is 5.06. The van der Waals surface area contributed by atoms with Crippen molar-refractivity contribution in [3.05, 3.63) is 65.1 Å². The normalized spacial score (nSPS) is 11.4. The molecular weight excluding hydrogens is 428 g/mol. The molecule has 3 nitrogen and oxygen atoms in total. The van der Waals surface area contributed by atoms with Crippen molar-refractivity contribution in [1.82, 2.24) is 4.57 Å². The standard InChI is InChI=1S/C32H47N2O/c1-3-5-7-9-11-13-17-23-33-25-21-28(22-26-33)31-27-32(35)29-19-15-16-20-30(29)34(31)24-18-14-12-10-8-6-4-2/h15-16,19-22,25-27H,3-14,17-18,23-24H2,1-2H3/q+1. The van der Waals surface area contributed by atoms with Gasteiger partial charge < -0.3 is 4.57 Å². The van der Waals surface area contributed by atoms with Crippen molar-refractivity contribution in [3.8, 4) is 11.3 Å². The van der Waals surface area contributed by atoms with Crippen molar-refractivity contribution in [2.75, 3.05) is 0 Å². The summed E-state index contributed by atoms with van der Waals surface area (Å²) in [6.45, 7) is 6.56. The van der Waals surface area contributed by atoms with Gasteiger partial charge in [-0.15, -0.1) is 0 Å². The number of nitrogens with zero attached hydrogens (tertiary/aromatic N) is 2. The first-order valence-corrected chi connectivity index (χ1v) is 14.4. The molecule has 0 spiro atoms. The van der Waals surface area contributed by atoms with Crippen molar-refractivity contribution < 1.29 is 4.57 Å². The minimum atomic E-state index is 0.117. The van der Waals surface area contributed by atoms with Crippen LogP contribution >= 0.6 is 0 Å². The average molecular weight is 476 g/mol. The molecule has 0 saturated carbocycles. The van der Waals surface area contributed by atoms with Crippen LogP contribution < -0.4 is 10.00 Å². The number of benzene rings is 1. The number of rotatable bonds is 17. The third-order valence-electron chi connectivity index (χ3n) is 7.21. The molecule has 0 atom stereocenters. The zero-order valence-corrected chi connectivity index (χ0v) is 22.3. The molecule has 0 aliphatic carbocycles. The Balaban J connectivity index is 1.66. The van der Waals surface area contributed by atoms with Crippen LogP contribution in [0.5, 0.6) is 0 Å². The van der Waals surface area contributed by atoms with Crippen molar-refractivity contribution in [1.29, 1.82) is 0 Å². The first-order chi connectivity index (χ1) is 17.2. The summed E-state index contributed by atoms with van der Waals surface area (Å²) in [5, 5.41) is 0.823. The SMILES string of the molecule is CCCCCCCCCn1c(-c2cc[n+](CCCCCCCCC)cc2)cc(=O)c2ccccc21. The van der Waals surface area contributed by atoms with Gasteiger partial charge in [0, 0.05) is 42.1 Å². The smallest absolute Gasteiger partial charge is 0.190 e. The summed E-state index contributed by atoms with van der Waals surface area (Å²) >= 11 is 0. The summed E-state index contributed by atoms with van der Waals surface area (Å²) in [5.74, 6) is 0. The summed E-state index contributed by atoms with van der Waals surface area (Å²) in [6.07, 6.45) is 22.7. The number of aromatic nitrogens is 2. The molecule has 3 aromatic rings. The van der Waals surface area contributed by atoms with E-state index in [1.54, 1.807) is 0 Å². The lowest BCUT2D eigenvalue weighted by Gasteiger charge is -2.17. The Morgan fingerprint density at radius 2 is 1.26 bits per heavy atom. The third-order valence-corrected chi connectivity index (χ3v) is 7.21. The zero-order chi connectivity index (χ0) is 24.7.